The summed E-state index contributed by atoms with van der Waals surface area (Å²) in [5.74, 6) is 0.309. The smallest absolute Gasteiger partial charge is 0.223 e. The molecule has 1 fully saturated rings. The van der Waals surface area contributed by atoms with Gasteiger partial charge in [-0.05, 0) is 42.6 Å². The molecule has 0 aromatic heterocycles. The van der Waals surface area contributed by atoms with Gasteiger partial charge in [0.25, 0.3) is 0 Å². The molecular weight excluding hydrogens is 312 g/mol. The summed E-state index contributed by atoms with van der Waals surface area (Å²) in [6.45, 7) is 3.57. The minimum Gasteiger partial charge on any atom is -0.372 e. The van der Waals surface area contributed by atoms with Crippen molar-refractivity contribution in [1.29, 1.82) is 0 Å². The third-order valence-electron chi connectivity index (χ3n) is 4.65. The van der Waals surface area contributed by atoms with Crippen molar-refractivity contribution in [2.24, 2.45) is 5.92 Å². The first-order valence-corrected chi connectivity index (χ1v) is 9.00. The van der Waals surface area contributed by atoms with Gasteiger partial charge in [0.05, 0.1) is 13.2 Å². The van der Waals surface area contributed by atoms with Crippen LogP contribution in [-0.4, -0.2) is 19.0 Å². The highest BCUT2D eigenvalue weighted by molar-refractivity contribution is 5.78. The number of hydrogen-bond donors (Lipinski definition) is 2. The maximum absolute atomic E-state index is 12.3. The average molecular weight is 338 g/mol. The Hall–Kier alpha value is -2.17. The van der Waals surface area contributed by atoms with E-state index >= 15 is 0 Å². The Morgan fingerprint density at radius 2 is 1.64 bits per heavy atom. The molecule has 132 valence electrons. The molecule has 1 amide bonds. The van der Waals surface area contributed by atoms with E-state index in [1.54, 1.807) is 0 Å². The molecule has 0 spiro atoms. The number of rotatable bonds is 7. The minimum atomic E-state index is 0.141. The molecule has 0 aliphatic carbocycles. The Morgan fingerprint density at radius 3 is 2.40 bits per heavy atom. The maximum Gasteiger partial charge on any atom is 0.223 e. The van der Waals surface area contributed by atoms with E-state index in [0.29, 0.717) is 19.8 Å². The van der Waals surface area contributed by atoms with Gasteiger partial charge in [-0.2, -0.15) is 0 Å². The molecule has 4 nitrogen and oxygen atoms in total. The van der Waals surface area contributed by atoms with Crippen LogP contribution in [0, 0.1) is 5.92 Å². The molecule has 0 unspecified atom stereocenters. The summed E-state index contributed by atoms with van der Waals surface area (Å²) in [5.41, 5.74) is 3.42. The lowest BCUT2D eigenvalue weighted by atomic mass is 9.97. The summed E-state index contributed by atoms with van der Waals surface area (Å²) in [5, 5.41) is 6.39. The molecule has 0 atom stereocenters. The second kappa shape index (κ2) is 9.35. The van der Waals surface area contributed by atoms with Gasteiger partial charge in [-0.25, -0.2) is 0 Å². The summed E-state index contributed by atoms with van der Waals surface area (Å²) >= 11 is 0. The van der Waals surface area contributed by atoms with E-state index in [2.05, 4.69) is 34.9 Å². The van der Waals surface area contributed by atoms with Crippen LogP contribution in [0.5, 0.6) is 0 Å². The zero-order valence-electron chi connectivity index (χ0n) is 14.5. The monoisotopic (exact) mass is 338 g/mol. The molecule has 1 saturated heterocycles. The van der Waals surface area contributed by atoms with Gasteiger partial charge in [0.1, 0.15) is 0 Å². The Labute approximate surface area is 149 Å². The van der Waals surface area contributed by atoms with Crippen LogP contribution in [0.25, 0.3) is 0 Å². The van der Waals surface area contributed by atoms with Gasteiger partial charge in [-0.15, -0.1) is 0 Å². The highest BCUT2D eigenvalue weighted by Crippen LogP contribution is 2.14. The normalized spacial score (nSPS) is 15.0. The van der Waals surface area contributed by atoms with E-state index in [-0.39, 0.29) is 11.8 Å². The van der Waals surface area contributed by atoms with Crippen LogP contribution in [0.1, 0.15) is 29.5 Å². The Kier molecular flexibility index (Phi) is 6.60. The Bertz CT molecular complexity index is 667. The lowest BCUT2D eigenvalue weighted by Gasteiger charge is -2.22. The molecule has 1 aliphatic heterocycles. The van der Waals surface area contributed by atoms with Crippen LogP contribution in [0.3, 0.4) is 0 Å². The number of benzene rings is 2. The first-order valence-electron chi connectivity index (χ1n) is 9.00. The molecule has 1 aliphatic rings. The molecule has 2 aromatic carbocycles. The van der Waals surface area contributed by atoms with Crippen molar-refractivity contribution >= 4 is 5.91 Å². The van der Waals surface area contributed by atoms with Gasteiger partial charge in [0.15, 0.2) is 0 Å². The number of carbonyl (C=O) groups excluding carboxylic acids is 1. The quantitative estimate of drug-likeness (QED) is 0.816. The van der Waals surface area contributed by atoms with E-state index in [9.17, 15) is 4.79 Å². The predicted molar refractivity (Wildman–Crippen MR) is 98.8 cm³/mol. The number of carbonyl (C=O) groups is 1. The highest BCUT2D eigenvalue weighted by atomic mass is 16.5. The van der Waals surface area contributed by atoms with Gasteiger partial charge >= 0.3 is 0 Å². The van der Waals surface area contributed by atoms with Crippen molar-refractivity contribution in [1.82, 2.24) is 10.6 Å². The SMILES string of the molecule is O=C(NCc1ccccc1COCc1ccccc1)C1CCNCC1. The fraction of sp³-hybridized carbons (Fsp3) is 0.381. The first kappa shape index (κ1) is 17.6. The van der Waals surface area contributed by atoms with E-state index in [4.69, 9.17) is 4.74 Å². The molecule has 25 heavy (non-hydrogen) atoms. The standard InChI is InChI=1S/C21H26N2O2/c24-21(18-10-12-22-13-11-18)23-14-19-8-4-5-9-20(19)16-25-15-17-6-2-1-3-7-17/h1-9,18,22H,10-16H2,(H,23,24). The Balaban J connectivity index is 1.50. The molecule has 4 heteroatoms. The van der Waals surface area contributed by atoms with Crippen molar-refractivity contribution in [2.45, 2.75) is 32.6 Å². The van der Waals surface area contributed by atoms with Crippen LogP contribution in [-0.2, 0) is 29.3 Å². The predicted octanol–water partition coefficient (Wildman–Crippen LogP) is 3.02. The topological polar surface area (TPSA) is 50.4 Å². The van der Waals surface area contributed by atoms with E-state index in [1.807, 2.05) is 30.3 Å². The second-order valence-corrected chi connectivity index (χ2v) is 6.49. The van der Waals surface area contributed by atoms with Crippen molar-refractivity contribution in [3.63, 3.8) is 0 Å². The minimum absolute atomic E-state index is 0.141. The number of ether oxygens (including phenoxy) is 1. The van der Waals surface area contributed by atoms with Gasteiger partial charge in [0, 0.05) is 12.5 Å². The van der Waals surface area contributed by atoms with Gasteiger partial charge in [0.2, 0.25) is 5.91 Å². The molecule has 2 N–H and O–H groups in total. The second-order valence-electron chi connectivity index (χ2n) is 6.49. The van der Waals surface area contributed by atoms with E-state index in [1.165, 1.54) is 5.56 Å². The Morgan fingerprint density at radius 1 is 0.960 bits per heavy atom. The summed E-state index contributed by atoms with van der Waals surface area (Å²) in [7, 11) is 0. The van der Waals surface area contributed by atoms with Crippen molar-refractivity contribution in [3.05, 3.63) is 71.3 Å². The van der Waals surface area contributed by atoms with Crippen LogP contribution in [0.15, 0.2) is 54.6 Å². The number of hydrogen-bond acceptors (Lipinski definition) is 3. The number of amides is 1. The zero-order valence-corrected chi connectivity index (χ0v) is 14.5. The molecule has 0 radical (unpaired) electrons. The lowest BCUT2D eigenvalue weighted by Crippen LogP contribution is -2.38. The summed E-state index contributed by atoms with van der Waals surface area (Å²) < 4.78 is 5.85. The van der Waals surface area contributed by atoms with E-state index < -0.39 is 0 Å². The molecule has 3 rings (SSSR count). The zero-order chi connectivity index (χ0) is 17.3. The number of nitrogens with one attached hydrogen (secondary N) is 2. The summed E-state index contributed by atoms with van der Waals surface area (Å²) in [6, 6.07) is 18.3. The summed E-state index contributed by atoms with van der Waals surface area (Å²) in [4.78, 5) is 12.3. The highest BCUT2D eigenvalue weighted by Gasteiger charge is 2.20. The van der Waals surface area contributed by atoms with Gasteiger partial charge in [-0.1, -0.05) is 54.6 Å². The van der Waals surface area contributed by atoms with Crippen molar-refractivity contribution in [2.75, 3.05) is 13.1 Å². The molecule has 2 aromatic rings. The van der Waals surface area contributed by atoms with E-state index in [0.717, 1.165) is 37.1 Å². The summed E-state index contributed by atoms with van der Waals surface area (Å²) in [6.07, 6.45) is 1.85. The lowest BCUT2D eigenvalue weighted by molar-refractivity contribution is -0.125. The van der Waals surface area contributed by atoms with Crippen LogP contribution in [0.2, 0.25) is 0 Å². The fourth-order valence-corrected chi connectivity index (χ4v) is 3.13. The van der Waals surface area contributed by atoms with Crippen LogP contribution >= 0.6 is 0 Å². The van der Waals surface area contributed by atoms with Crippen LogP contribution < -0.4 is 10.6 Å². The molecule has 0 bridgehead atoms. The van der Waals surface area contributed by atoms with Crippen molar-refractivity contribution in [3.8, 4) is 0 Å². The third-order valence-corrected chi connectivity index (χ3v) is 4.65. The first-order chi connectivity index (χ1) is 12.3. The maximum atomic E-state index is 12.3. The molecule has 1 heterocycles. The molecular formula is C21H26N2O2. The van der Waals surface area contributed by atoms with Crippen molar-refractivity contribution < 1.29 is 9.53 Å². The van der Waals surface area contributed by atoms with Gasteiger partial charge < -0.3 is 15.4 Å². The van der Waals surface area contributed by atoms with Crippen LogP contribution in [0.4, 0.5) is 0 Å². The number of piperidine rings is 1. The third kappa shape index (κ3) is 5.41. The largest absolute Gasteiger partial charge is 0.372 e. The fourth-order valence-electron chi connectivity index (χ4n) is 3.13. The average Bonchev–Trinajstić information content (AvgIpc) is 2.68. The molecule has 0 saturated carbocycles. The van der Waals surface area contributed by atoms with Gasteiger partial charge in [-0.3, -0.25) is 4.79 Å².